The summed E-state index contributed by atoms with van der Waals surface area (Å²) >= 11 is 0. The van der Waals surface area contributed by atoms with Gasteiger partial charge in [-0.1, -0.05) is 18.2 Å². The molecule has 1 aromatic heterocycles. The number of hydrogen-bond donors (Lipinski definition) is 1. The summed E-state index contributed by atoms with van der Waals surface area (Å²) in [7, 11) is 1.61. The molecule has 9 nitrogen and oxygen atoms in total. The molecule has 0 bridgehead atoms. The van der Waals surface area contributed by atoms with Crippen LogP contribution in [0.3, 0.4) is 0 Å². The van der Waals surface area contributed by atoms with Gasteiger partial charge in [0.05, 0.1) is 13.2 Å². The van der Waals surface area contributed by atoms with Crippen LogP contribution in [0.25, 0.3) is 0 Å². The molecule has 36 heavy (non-hydrogen) atoms. The zero-order valence-electron chi connectivity index (χ0n) is 21.0. The number of piperidine rings is 1. The van der Waals surface area contributed by atoms with Crippen LogP contribution in [0.2, 0.25) is 0 Å². The summed E-state index contributed by atoms with van der Waals surface area (Å²) < 4.78 is 10.7. The van der Waals surface area contributed by atoms with Crippen molar-refractivity contribution < 1.29 is 24.2 Å². The van der Waals surface area contributed by atoms with Gasteiger partial charge in [0.2, 0.25) is 0 Å². The Labute approximate surface area is 212 Å². The number of likely N-dealkylation sites (tertiary alicyclic amines) is 1. The number of pyridine rings is 1. The van der Waals surface area contributed by atoms with Crippen molar-refractivity contribution in [3.63, 3.8) is 0 Å². The molecule has 2 aromatic rings. The van der Waals surface area contributed by atoms with E-state index in [-0.39, 0.29) is 25.2 Å². The molecule has 0 radical (unpaired) electrons. The number of amides is 3. The molecule has 0 atom stereocenters. The number of aliphatic hydroxyl groups excluding tert-OH is 1. The van der Waals surface area contributed by atoms with Gasteiger partial charge < -0.3 is 19.5 Å². The third kappa shape index (κ3) is 5.86. The lowest BCUT2D eigenvalue weighted by Crippen LogP contribution is -2.57. The molecule has 3 heterocycles. The zero-order valence-corrected chi connectivity index (χ0v) is 21.0. The Morgan fingerprint density at radius 3 is 2.47 bits per heavy atom. The van der Waals surface area contributed by atoms with E-state index in [1.807, 2.05) is 42.6 Å². The van der Waals surface area contributed by atoms with E-state index in [1.54, 1.807) is 18.2 Å². The van der Waals surface area contributed by atoms with Crippen LogP contribution < -0.4 is 4.74 Å². The SMILES string of the molecule is COCCN1C(=O)N(CCCc2cccnc2)C(=O)C12CCN(Cc1ccc(OCCO)cc1)CC2. The van der Waals surface area contributed by atoms with Crippen molar-refractivity contribution in [1.82, 2.24) is 19.7 Å². The van der Waals surface area contributed by atoms with Crippen LogP contribution in [0.15, 0.2) is 48.8 Å². The molecule has 0 unspecified atom stereocenters. The van der Waals surface area contributed by atoms with Gasteiger partial charge in [-0.2, -0.15) is 0 Å². The normalized spacial score (nSPS) is 17.8. The Hall–Kier alpha value is -3.01. The lowest BCUT2D eigenvalue weighted by molar-refractivity contribution is -0.136. The Morgan fingerprint density at radius 1 is 1.03 bits per heavy atom. The number of imide groups is 1. The summed E-state index contributed by atoms with van der Waals surface area (Å²) in [4.78, 5) is 36.7. The standard InChI is InChI=1S/C27H36N4O5/c1-35-18-16-31-26(34)30(13-3-5-22-4-2-12-28-20-22)25(33)27(31)10-14-29(15-11-27)21-23-6-8-24(9-7-23)36-19-17-32/h2,4,6-9,12,20,32H,3,5,10-11,13-19,21H2,1H3. The van der Waals surface area contributed by atoms with E-state index in [0.29, 0.717) is 39.0 Å². The first-order chi connectivity index (χ1) is 17.6. The molecule has 194 valence electrons. The molecule has 9 heteroatoms. The van der Waals surface area contributed by atoms with Gasteiger partial charge in [0.25, 0.3) is 5.91 Å². The third-order valence-electron chi connectivity index (χ3n) is 7.08. The maximum Gasteiger partial charge on any atom is 0.327 e. The molecule has 1 aromatic carbocycles. The highest BCUT2D eigenvalue weighted by Gasteiger charge is 2.57. The first-order valence-corrected chi connectivity index (χ1v) is 12.6. The summed E-state index contributed by atoms with van der Waals surface area (Å²) in [5.74, 6) is 0.665. The van der Waals surface area contributed by atoms with Gasteiger partial charge in [-0.25, -0.2) is 4.79 Å². The molecule has 0 saturated carbocycles. The van der Waals surface area contributed by atoms with Gasteiger partial charge in [0.1, 0.15) is 17.9 Å². The van der Waals surface area contributed by atoms with E-state index in [4.69, 9.17) is 14.6 Å². The number of rotatable bonds is 12. The second-order valence-corrected chi connectivity index (χ2v) is 9.37. The predicted molar refractivity (Wildman–Crippen MR) is 135 cm³/mol. The second kappa shape index (κ2) is 12.3. The first-order valence-electron chi connectivity index (χ1n) is 12.6. The molecule has 2 fully saturated rings. The van der Waals surface area contributed by atoms with Crippen LogP contribution in [0.1, 0.15) is 30.4 Å². The second-order valence-electron chi connectivity index (χ2n) is 9.37. The van der Waals surface area contributed by atoms with Crippen LogP contribution in [0.4, 0.5) is 4.79 Å². The molecule has 1 spiro atoms. The Kier molecular flexibility index (Phi) is 8.90. The maximum atomic E-state index is 13.7. The summed E-state index contributed by atoms with van der Waals surface area (Å²) in [5.41, 5.74) is 1.47. The summed E-state index contributed by atoms with van der Waals surface area (Å²) in [6.45, 7) is 3.72. The summed E-state index contributed by atoms with van der Waals surface area (Å²) in [6.07, 6.45) is 6.26. The van der Waals surface area contributed by atoms with Gasteiger partial charge in [0, 0.05) is 52.2 Å². The van der Waals surface area contributed by atoms with Gasteiger partial charge in [-0.05, 0) is 55.0 Å². The molecule has 2 aliphatic rings. The van der Waals surface area contributed by atoms with Crippen molar-refractivity contribution in [2.45, 2.75) is 37.8 Å². The highest BCUT2D eigenvalue weighted by molar-refractivity contribution is 6.07. The van der Waals surface area contributed by atoms with E-state index in [0.717, 1.165) is 42.9 Å². The predicted octanol–water partition coefficient (Wildman–Crippen LogP) is 2.33. The van der Waals surface area contributed by atoms with Gasteiger partial charge in [0.15, 0.2) is 0 Å². The quantitative estimate of drug-likeness (QED) is 0.451. The number of ether oxygens (including phenoxy) is 2. The highest BCUT2D eigenvalue weighted by Crippen LogP contribution is 2.37. The van der Waals surface area contributed by atoms with Gasteiger partial charge in [-0.15, -0.1) is 0 Å². The molecule has 4 rings (SSSR count). The van der Waals surface area contributed by atoms with Crippen LogP contribution in [0.5, 0.6) is 5.75 Å². The summed E-state index contributed by atoms with van der Waals surface area (Å²) in [6, 6.07) is 11.6. The Balaban J connectivity index is 1.37. The van der Waals surface area contributed by atoms with Crippen molar-refractivity contribution in [3.05, 3.63) is 59.9 Å². The number of nitrogens with zero attached hydrogens (tertiary/aromatic N) is 4. The monoisotopic (exact) mass is 496 g/mol. The Bertz CT molecular complexity index is 993. The van der Waals surface area contributed by atoms with Crippen molar-refractivity contribution in [1.29, 1.82) is 0 Å². The average Bonchev–Trinajstić information content (AvgIpc) is 3.09. The lowest BCUT2D eigenvalue weighted by Gasteiger charge is -2.42. The number of aromatic nitrogens is 1. The maximum absolute atomic E-state index is 13.7. The average molecular weight is 497 g/mol. The topological polar surface area (TPSA) is 95.4 Å². The molecule has 0 aliphatic carbocycles. The smallest absolute Gasteiger partial charge is 0.327 e. The van der Waals surface area contributed by atoms with E-state index >= 15 is 0 Å². The number of aliphatic hydroxyl groups is 1. The van der Waals surface area contributed by atoms with Crippen LogP contribution >= 0.6 is 0 Å². The lowest BCUT2D eigenvalue weighted by atomic mass is 9.85. The number of aryl methyl sites for hydroxylation is 1. The minimum Gasteiger partial charge on any atom is -0.491 e. The highest BCUT2D eigenvalue weighted by atomic mass is 16.5. The molecule has 3 amide bonds. The molecule has 2 saturated heterocycles. The minimum atomic E-state index is -0.789. The number of carbonyl (C=O) groups is 2. The number of urea groups is 1. The zero-order chi connectivity index (χ0) is 25.4. The van der Waals surface area contributed by atoms with Crippen molar-refractivity contribution in [2.24, 2.45) is 0 Å². The van der Waals surface area contributed by atoms with Crippen LogP contribution in [-0.2, 0) is 22.5 Å². The molecular formula is C27H36N4O5. The fourth-order valence-electron chi connectivity index (χ4n) is 5.14. The molecule has 1 N–H and O–H groups in total. The van der Waals surface area contributed by atoms with Gasteiger partial charge in [-0.3, -0.25) is 19.6 Å². The third-order valence-corrected chi connectivity index (χ3v) is 7.08. The fraction of sp³-hybridized carbons (Fsp3) is 0.519. The number of hydrogen-bond acceptors (Lipinski definition) is 7. The van der Waals surface area contributed by atoms with Crippen molar-refractivity contribution >= 4 is 11.9 Å². The van der Waals surface area contributed by atoms with Crippen LogP contribution in [0, 0.1) is 0 Å². The summed E-state index contributed by atoms with van der Waals surface area (Å²) in [5, 5.41) is 8.90. The van der Waals surface area contributed by atoms with Gasteiger partial charge >= 0.3 is 6.03 Å². The van der Waals surface area contributed by atoms with Crippen molar-refractivity contribution in [3.8, 4) is 5.75 Å². The van der Waals surface area contributed by atoms with E-state index in [1.165, 1.54) is 4.90 Å². The van der Waals surface area contributed by atoms with E-state index in [2.05, 4.69) is 9.88 Å². The minimum absolute atomic E-state index is 0.0121. The van der Waals surface area contributed by atoms with Crippen LogP contribution in [-0.4, -0.2) is 95.4 Å². The Morgan fingerprint density at radius 2 is 1.81 bits per heavy atom. The first kappa shape index (κ1) is 26.1. The van der Waals surface area contributed by atoms with E-state index < -0.39 is 5.54 Å². The van der Waals surface area contributed by atoms with Crippen molar-refractivity contribution in [2.75, 3.05) is 53.1 Å². The number of carbonyl (C=O) groups excluding carboxylic acids is 2. The molecule has 2 aliphatic heterocycles. The van der Waals surface area contributed by atoms with E-state index in [9.17, 15) is 9.59 Å². The fourth-order valence-corrected chi connectivity index (χ4v) is 5.14. The number of methoxy groups -OCH3 is 1. The number of benzene rings is 1. The largest absolute Gasteiger partial charge is 0.491 e. The molecular weight excluding hydrogens is 460 g/mol.